The fourth-order valence-corrected chi connectivity index (χ4v) is 3.06. The Kier molecular flexibility index (Phi) is 4.65. The first-order valence-electron chi connectivity index (χ1n) is 7.20. The smallest absolute Gasteiger partial charge is 0.119 e. The lowest BCUT2D eigenvalue weighted by atomic mass is 9.91. The molecule has 1 aromatic rings. The summed E-state index contributed by atoms with van der Waals surface area (Å²) >= 11 is 0. The number of fused-ring (bicyclic) bond motifs is 1. The first-order valence-corrected chi connectivity index (χ1v) is 7.20. The molecule has 0 aliphatic heterocycles. The summed E-state index contributed by atoms with van der Waals surface area (Å²) in [7, 11) is 1.75. The predicted molar refractivity (Wildman–Crippen MR) is 76.4 cm³/mol. The van der Waals surface area contributed by atoms with E-state index in [-0.39, 0.29) is 0 Å². The van der Waals surface area contributed by atoms with Crippen molar-refractivity contribution in [3.63, 3.8) is 0 Å². The number of hydrogen-bond acceptors (Lipinski definition) is 2. The zero-order valence-electron chi connectivity index (χ0n) is 11.8. The van der Waals surface area contributed by atoms with Gasteiger partial charge in [0.25, 0.3) is 0 Å². The molecule has 1 aliphatic carbocycles. The lowest BCUT2D eigenvalue weighted by Gasteiger charge is -2.24. The van der Waals surface area contributed by atoms with Crippen molar-refractivity contribution >= 4 is 0 Å². The molecule has 1 N–H and O–H groups in total. The minimum atomic E-state index is 0.610. The molecule has 2 unspecified atom stereocenters. The number of nitrogens with one attached hydrogen (secondary N) is 1. The maximum Gasteiger partial charge on any atom is 0.119 e. The monoisotopic (exact) mass is 247 g/mol. The fraction of sp³-hybridized carbons (Fsp3) is 0.625. The maximum atomic E-state index is 5.36. The summed E-state index contributed by atoms with van der Waals surface area (Å²) in [6.07, 6.45) is 4.89. The van der Waals surface area contributed by atoms with Crippen molar-refractivity contribution in [2.75, 3.05) is 13.7 Å². The summed E-state index contributed by atoms with van der Waals surface area (Å²) < 4.78 is 5.36. The van der Waals surface area contributed by atoms with Crippen LogP contribution in [0.25, 0.3) is 0 Å². The second-order valence-electron chi connectivity index (χ2n) is 5.18. The summed E-state index contributed by atoms with van der Waals surface area (Å²) in [5.41, 5.74) is 3.02. The lowest BCUT2D eigenvalue weighted by Crippen LogP contribution is -2.34. The highest BCUT2D eigenvalue weighted by atomic mass is 16.5. The van der Waals surface area contributed by atoms with E-state index < -0.39 is 0 Å². The summed E-state index contributed by atoms with van der Waals surface area (Å²) in [4.78, 5) is 0. The Morgan fingerprint density at radius 2 is 2.22 bits per heavy atom. The summed E-state index contributed by atoms with van der Waals surface area (Å²) in [5, 5.41) is 3.70. The molecule has 0 saturated carbocycles. The quantitative estimate of drug-likeness (QED) is 0.830. The van der Waals surface area contributed by atoms with Crippen molar-refractivity contribution in [3.05, 3.63) is 29.3 Å². The zero-order valence-corrected chi connectivity index (χ0v) is 11.8. The van der Waals surface area contributed by atoms with Crippen LogP contribution in [-0.4, -0.2) is 19.7 Å². The third-order valence-electron chi connectivity index (χ3n) is 4.06. The summed E-state index contributed by atoms with van der Waals surface area (Å²) in [5.74, 6) is 1.65. The van der Waals surface area contributed by atoms with Gasteiger partial charge in [-0.2, -0.15) is 0 Å². The van der Waals surface area contributed by atoms with E-state index in [9.17, 15) is 0 Å². The molecule has 0 radical (unpaired) electrons. The van der Waals surface area contributed by atoms with Crippen LogP contribution in [0, 0.1) is 0 Å². The second kappa shape index (κ2) is 6.24. The standard InChI is InChI=1S/C16H25NO/c1-4-10-17-16(5-2)14-9-7-12-6-8-13(18-3)11-15(12)14/h6,8,11,14,16-17H,4-5,7,9-10H2,1-3H3. The van der Waals surface area contributed by atoms with E-state index >= 15 is 0 Å². The van der Waals surface area contributed by atoms with Crippen molar-refractivity contribution in [1.29, 1.82) is 0 Å². The molecular weight excluding hydrogens is 222 g/mol. The van der Waals surface area contributed by atoms with Crippen molar-refractivity contribution in [3.8, 4) is 5.75 Å². The Balaban J connectivity index is 2.17. The maximum absolute atomic E-state index is 5.36. The highest BCUT2D eigenvalue weighted by molar-refractivity contribution is 5.42. The van der Waals surface area contributed by atoms with Gasteiger partial charge < -0.3 is 10.1 Å². The minimum Gasteiger partial charge on any atom is -0.497 e. The summed E-state index contributed by atoms with van der Waals surface area (Å²) in [6, 6.07) is 7.17. The van der Waals surface area contributed by atoms with Gasteiger partial charge in [-0.25, -0.2) is 0 Å². The van der Waals surface area contributed by atoms with Crippen molar-refractivity contribution < 1.29 is 4.74 Å². The Bertz CT molecular complexity index is 389. The molecule has 0 saturated heterocycles. The van der Waals surface area contributed by atoms with Gasteiger partial charge in [0.05, 0.1) is 7.11 Å². The van der Waals surface area contributed by atoms with Crippen LogP contribution in [0.5, 0.6) is 5.75 Å². The average Bonchev–Trinajstić information content (AvgIpc) is 2.83. The van der Waals surface area contributed by atoms with Crippen LogP contribution < -0.4 is 10.1 Å². The molecule has 2 heteroatoms. The Morgan fingerprint density at radius 1 is 1.39 bits per heavy atom. The molecule has 2 rings (SSSR count). The van der Waals surface area contributed by atoms with Crippen LogP contribution in [0.3, 0.4) is 0 Å². The molecule has 0 bridgehead atoms. The van der Waals surface area contributed by atoms with Gasteiger partial charge in [-0.3, -0.25) is 0 Å². The topological polar surface area (TPSA) is 21.3 Å². The Labute approximate surface area is 111 Å². The molecule has 0 aromatic heterocycles. The van der Waals surface area contributed by atoms with Crippen LogP contribution in [0.15, 0.2) is 18.2 Å². The highest BCUT2D eigenvalue weighted by Crippen LogP contribution is 2.38. The van der Waals surface area contributed by atoms with E-state index in [1.807, 2.05) is 0 Å². The molecule has 2 nitrogen and oxygen atoms in total. The molecule has 1 aromatic carbocycles. The van der Waals surface area contributed by atoms with Crippen LogP contribution in [0.1, 0.15) is 50.2 Å². The molecule has 1 aliphatic rings. The Hall–Kier alpha value is -1.02. The molecule has 0 heterocycles. The van der Waals surface area contributed by atoms with Crippen LogP contribution >= 0.6 is 0 Å². The van der Waals surface area contributed by atoms with E-state index in [0.29, 0.717) is 12.0 Å². The molecule has 0 amide bonds. The van der Waals surface area contributed by atoms with Crippen LogP contribution in [0.2, 0.25) is 0 Å². The number of rotatable bonds is 6. The molecule has 0 spiro atoms. The van der Waals surface area contributed by atoms with Gasteiger partial charge in [-0.15, -0.1) is 0 Å². The predicted octanol–water partition coefficient (Wildman–Crippen LogP) is 3.50. The van der Waals surface area contributed by atoms with Crippen LogP contribution in [0.4, 0.5) is 0 Å². The number of ether oxygens (including phenoxy) is 1. The molecule has 18 heavy (non-hydrogen) atoms. The first kappa shape index (κ1) is 13.4. The first-order chi connectivity index (χ1) is 8.80. The fourth-order valence-electron chi connectivity index (χ4n) is 3.06. The van der Waals surface area contributed by atoms with Crippen molar-refractivity contribution in [2.45, 2.75) is 51.5 Å². The van der Waals surface area contributed by atoms with E-state index in [1.165, 1.54) is 36.8 Å². The largest absolute Gasteiger partial charge is 0.497 e. The van der Waals surface area contributed by atoms with E-state index in [1.54, 1.807) is 7.11 Å². The lowest BCUT2D eigenvalue weighted by molar-refractivity contribution is 0.406. The van der Waals surface area contributed by atoms with Gasteiger partial charge in [-0.1, -0.05) is 19.9 Å². The third kappa shape index (κ3) is 2.69. The average molecular weight is 247 g/mol. The van der Waals surface area contributed by atoms with E-state index in [4.69, 9.17) is 4.74 Å². The number of benzene rings is 1. The Morgan fingerprint density at radius 3 is 2.89 bits per heavy atom. The van der Waals surface area contributed by atoms with Gasteiger partial charge >= 0.3 is 0 Å². The SMILES string of the molecule is CCCNC(CC)C1CCc2ccc(OC)cc21. The highest BCUT2D eigenvalue weighted by Gasteiger charge is 2.28. The van der Waals surface area contributed by atoms with E-state index in [2.05, 4.69) is 37.4 Å². The number of hydrogen-bond donors (Lipinski definition) is 1. The minimum absolute atomic E-state index is 0.610. The van der Waals surface area contributed by atoms with Crippen molar-refractivity contribution in [2.24, 2.45) is 0 Å². The summed E-state index contributed by atoms with van der Waals surface area (Å²) in [6.45, 7) is 5.63. The van der Waals surface area contributed by atoms with Gasteiger partial charge in [0, 0.05) is 6.04 Å². The molecule has 0 fully saturated rings. The zero-order chi connectivity index (χ0) is 13.0. The molecule has 2 atom stereocenters. The van der Waals surface area contributed by atoms with Gasteiger partial charge in [0.1, 0.15) is 5.75 Å². The second-order valence-corrected chi connectivity index (χ2v) is 5.18. The van der Waals surface area contributed by atoms with Gasteiger partial charge in [-0.05, 0) is 61.4 Å². The number of aryl methyl sites for hydroxylation is 1. The van der Waals surface area contributed by atoms with E-state index in [0.717, 1.165) is 12.3 Å². The van der Waals surface area contributed by atoms with Gasteiger partial charge in [0.2, 0.25) is 0 Å². The third-order valence-corrected chi connectivity index (χ3v) is 4.06. The van der Waals surface area contributed by atoms with Gasteiger partial charge in [0.15, 0.2) is 0 Å². The normalized spacial score (nSPS) is 19.6. The van der Waals surface area contributed by atoms with Crippen molar-refractivity contribution in [1.82, 2.24) is 5.32 Å². The number of methoxy groups -OCH3 is 1. The van der Waals surface area contributed by atoms with Crippen LogP contribution in [-0.2, 0) is 6.42 Å². The molecular formula is C16H25NO. The molecule has 100 valence electrons.